The largest absolute Gasteiger partial charge is 0.495 e. The summed E-state index contributed by atoms with van der Waals surface area (Å²) in [6.07, 6.45) is 4.27. The fourth-order valence-corrected chi connectivity index (χ4v) is 3.93. The van der Waals surface area contributed by atoms with E-state index in [9.17, 15) is 8.42 Å². The fourth-order valence-electron chi connectivity index (χ4n) is 2.11. The van der Waals surface area contributed by atoms with Gasteiger partial charge in [-0.2, -0.15) is 0 Å². The Morgan fingerprint density at radius 1 is 1.33 bits per heavy atom. The predicted octanol–water partition coefficient (Wildman–Crippen LogP) is 3.95. The van der Waals surface area contributed by atoms with Gasteiger partial charge in [-0.25, -0.2) is 13.1 Å². The average Bonchev–Trinajstić information content (AvgIpc) is 2.47. The third kappa shape index (κ3) is 5.60. The first-order valence-corrected chi connectivity index (χ1v) is 9.55. The zero-order valence-corrected chi connectivity index (χ0v) is 15.3. The van der Waals surface area contributed by atoms with E-state index in [0.29, 0.717) is 22.7 Å². The van der Waals surface area contributed by atoms with Crippen LogP contribution in [-0.4, -0.2) is 22.1 Å². The van der Waals surface area contributed by atoms with Gasteiger partial charge in [0.25, 0.3) is 0 Å². The Bertz CT molecular complexity index is 546. The SMILES string of the molecule is CCCC[C@@H](CC)CNS(=O)(=O)c1cc(Br)ccc1OC. The van der Waals surface area contributed by atoms with Crippen LogP contribution in [-0.2, 0) is 10.0 Å². The molecule has 0 aliphatic carbocycles. The van der Waals surface area contributed by atoms with Crippen LogP contribution < -0.4 is 9.46 Å². The first-order valence-electron chi connectivity index (χ1n) is 7.27. The Morgan fingerprint density at radius 2 is 2.05 bits per heavy atom. The summed E-state index contributed by atoms with van der Waals surface area (Å²) >= 11 is 3.30. The Morgan fingerprint density at radius 3 is 2.62 bits per heavy atom. The molecule has 1 N–H and O–H groups in total. The maximum absolute atomic E-state index is 12.4. The van der Waals surface area contributed by atoms with Crippen LogP contribution in [0.3, 0.4) is 0 Å². The van der Waals surface area contributed by atoms with Crippen LogP contribution in [0.15, 0.2) is 27.6 Å². The van der Waals surface area contributed by atoms with Gasteiger partial charge in [-0.05, 0) is 30.5 Å². The second-order valence-corrected chi connectivity index (χ2v) is 7.71. The summed E-state index contributed by atoms with van der Waals surface area (Å²) in [5.41, 5.74) is 0. The minimum absolute atomic E-state index is 0.171. The van der Waals surface area contributed by atoms with Gasteiger partial charge in [0.2, 0.25) is 10.0 Å². The van der Waals surface area contributed by atoms with E-state index in [1.54, 1.807) is 18.2 Å². The van der Waals surface area contributed by atoms with Crippen LogP contribution in [0, 0.1) is 5.92 Å². The van der Waals surface area contributed by atoms with Crippen molar-refractivity contribution in [2.45, 2.75) is 44.4 Å². The fraction of sp³-hybridized carbons (Fsp3) is 0.600. The Labute approximate surface area is 136 Å². The number of methoxy groups -OCH3 is 1. The van der Waals surface area contributed by atoms with Crippen molar-refractivity contribution in [2.24, 2.45) is 5.92 Å². The lowest BCUT2D eigenvalue weighted by Gasteiger charge is -2.16. The lowest BCUT2D eigenvalue weighted by atomic mass is 10.00. The van der Waals surface area contributed by atoms with Crippen molar-refractivity contribution in [2.75, 3.05) is 13.7 Å². The molecule has 1 aromatic carbocycles. The molecule has 0 amide bonds. The molecule has 1 aromatic rings. The van der Waals surface area contributed by atoms with Gasteiger partial charge >= 0.3 is 0 Å². The minimum atomic E-state index is -3.56. The van der Waals surface area contributed by atoms with E-state index in [1.807, 2.05) is 0 Å². The van der Waals surface area contributed by atoms with Crippen molar-refractivity contribution in [1.82, 2.24) is 4.72 Å². The van der Waals surface area contributed by atoms with Crippen molar-refractivity contribution in [3.8, 4) is 5.75 Å². The van der Waals surface area contributed by atoms with Gasteiger partial charge in [0.15, 0.2) is 0 Å². The standard InChI is InChI=1S/C15H24BrNO3S/c1-4-6-7-12(5-2)11-17-21(18,19)15-10-13(16)8-9-14(15)20-3/h8-10,12,17H,4-7,11H2,1-3H3/t12-/m1/s1. The van der Waals surface area contributed by atoms with Crippen molar-refractivity contribution in [3.63, 3.8) is 0 Å². The van der Waals surface area contributed by atoms with E-state index < -0.39 is 10.0 Å². The average molecular weight is 378 g/mol. The highest BCUT2D eigenvalue weighted by Gasteiger charge is 2.21. The van der Waals surface area contributed by atoms with Crippen LogP contribution >= 0.6 is 15.9 Å². The Balaban J connectivity index is 2.84. The summed E-state index contributed by atoms with van der Waals surface area (Å²) in [6, 6.07) is 4.97. The monoisotopic (exact) mass is 377 g/mol. The van der Waals surface area contributed by atoms with E-state index in [0.717, 1.165) is 25.7 Å². The Kier molecular flexibility index (Phi) is 7.70. The summed E-state index contributed by atoms with van der Waals surface area (Å²) in [7, 11) is -2.09. The molecule has 0 saturated heterocycles. The van der Waals surface area contributed by atoms with Crippen molar-refractivity contribution in [1.29, 1.82) is 0 Å². The summed E-state index contributed by atoms with van der Waals surface area (Å²) < 4.78 is 33.5. The molecule has 0 fully saturated rings. The molecule has 120 valence electrons. The van der Waals surface area contributed by atoms with E-state index in [4.69, 9.17) is 4.74 Å². The molecular formula is C15H24BrNO3S. The number of rotatable bonds is 9. The number of hydrogen-bond donors (Lipinski definition) is 1. The topological polar surface area (TPSA) is 55.4 Å². The third-order valence-electron chi connectivity index (χ3n) is 3.52. The first-order chi connectivity index (χ1) is 9.94. The van der Waals surface area contributed by atoms with Crippen LogP contribution in [0.4, 0.5) is 0 Å². The van der Waals surface area contributed by atoms with Crippen molar-refractivity contribution in [3.05, 3.63) is 22.7 Å². The van der Waals surface area contributed by atoms with Crippen LogP contribution in [0.2, 0.25) is 0 Å². The number of sulfonamides is 1. The molecule has 0 spiro atoms. The molecule has 0 aliphatic rings. The number of nitrogens with one attached hydrogen (secondary N) is 1. The van der Waals surface area contributed by atoms with E-state index in [-0.39, 0.29) is 4.90 Å². The van der Waals surface area contributed by atoms with Gasteiger partial charge in [0.05, 0.1) is 7.11 Å². The van der Waals surface area contributed by atoms with Gasteiger partial charge in [-0.3, -0.25) is 0 Å². The smallest absolute Gasteiger partial charge is 0.244 e. The molecule has 0 heterocycles. The summed E-state index contributed by atoms with van der Waals surface area (Å²) in [5.74, 6) is 0.727. The van der Waals surface area contributed by atoms with Gasteiger partial charge in [0.1, 0.15) is 10.6 Å². The molecule has 0 aromatic heterocycles. The number of unbranched alkanes of at least 4 members (excludes halogenated alkanes) is 1. The number of benzene rings is 1. The molecule has 0 aliphatic heterocycles. The number of hydrogen-bond acceptors (Lipinski definition) is 3. The molecule has 0 saturated carbocycles. The molecule has 0 radical (unpaired) electrons. The second-order valence-electron chi connectivity index (χ2n) is 5.06. The second kappa shape index (κ2) is 8.76. The molecule has 4 nitrogen and oxygen atoms in total. The highest BCUT2D eigenvalue weighted by Crippen LogP contribution is 2.27. The van der Waals surface area contributed by atoms with Gasteiger partial charge in [0, 0.05) is 11.0 Å². The van der Waals surface area contributed by atoms with E-state index in [1.165, 1.54) is 7.11 Å². The molecule has 1 atom stereocenters. The zero-order chi connectivity index (χ0) is 15.9. The van der Waals surface area contributed by atoms with E-state index >= 15 is 0 Å². The summed E-state index contributed by atoms with van der Waals surface area (Å²) in [5, 5.41) is 0. The quantitative estimate of drug-likeness (QED) is 0.708. The highest BCUT2D eigenvalue weighted by molar-refractivity contribution is 9.10. The number of ether oxygens (including phenoxy) is 1. The molecular weight excluding hydrogens is 354 g/mol. The third-order valence-corrected chi connectivity index (χ3v) is 5.46. The summed E-state index contributed by atoms with van der Waals surface area (Å²) in [6.45, 7) is 4.70. The van der Waals surface area contributed by atoms with Crippen LogP contribution in [0.5, 0.6) is 5.75 Å². The molecule has 0 bridgehead atoms. The summed E-state index contributed by atoms with van der Waals surface area (Å²) in [4.78, 5) is 0.171. The van der Waals surface area contributed by atoms with E-state index in [2.05, 4.69) is 34.5 Å². The first kappa shape index (κ1) is 18.5. The maximum atomic E-state index is 12.4. The highest BCUT2D eigenvalue weighted by atomic mass is 79.9. The molecule has 21 heavy (non-hydrogen) atoms. The lowest BCUT2D eigenvalue weighted by Crippen LogP contribution is -2.29. The molecule has 0 unspecified atom stereocenters. The minimum Gasteiger partial charge on any atom is -0.495 e. The molecule has 1 rings (SSSR count). The van der Waals surface area contributed by atoms with Gasteiger partial charge < -0.3 is 4.74 Å². The van der Waals surface area contributed by atoms with Gasteiger partial charge in [-0.1, -0.05) is 49.0 Å². The zero-order valence-electron chi connectivity index (χ0n) is 12.9. The normalized spacial score (nSPS) is 13.1. The maximum Gasteiger partial charge on any atom is 0.244 e. The predicted molar refractivity (Wildman–Crippen MR) is 89.2 cm³/mol. The van der Waals surface area contributed by atoms with Crippen LogP contribution in [0.1, 0.15) is 39.5 Å². The van der Waals surface area contributed by atoms with Gasteiger partial charge in [-0.15, -0.1) is 0 Å². The van der Waals surface area contributed by atoms with Crippen molar-refractivity contribution < 1.29 is 13.2 Å². The molecule has 6 heteroatoms. The van der Waals surface area contributed by atoms with Crippen LogP contribution in [0.25, 0.3) is 0 Å². The number of halogens is 1. The Hall–Kier alpha value is -0.590. The van der Waals surface area contributed by atoms with Crippen molar-refractivity contribution >= 4 is 26.0 Å². The lowest BCUT2D eigenvalue weighted by molar-refractivity contribution is 0.401.